The topological polar surface area (TPSA) is 83.5 Å². The summed E-state index contributed by atoms with van der Waals surface area (Å²) in [6, 6.07) is 15.6. The van der Waals surface area contributed by atoms with Crippen LogP contribution in [0.1, 0.15) is 56.9 Å². The van der Waals surface area contributed by atoms with Crippen molar-refractivity contribution in [3.8, 4) is 0 Å². The molecule has 2 fully saturated rings. The van der Waals surface area contributed by atoms with Gasteiger partial charge in [-0.25, -0.2) is 21.6 Å². The van der Waals surface area contributed by atoms with E-state index >= 15 is 0 Å². The lowest BCUT2D eigenvalue weighted by atomic mass is 9.87. The third-order valence-corrected chi connectivity index (χ3v) is 10.2. The Morgan fingerprint density at radius 2 is 1.47 bits per heavy atom. The molecular weight excluding hydrogens is 444 g/mol. The molecule has 2 aromatic carbocycles. The fourth-order valence-electron chi connectivity index (χ4n) is 4.86. The van der Waals surface area contributed by atoms with Crippen molar-refractivity contribution in [2.24, 2.45) is 5.92 Å². The van der Waals surface area contributed by atoms with E-state index in [1.165, 1.54) is 28.6 Å². The maximum absolute atomic E-state index is 13.2. The van der Waals surface area contributed by atoms with Crippen LogP contribution < -0.4 is 4.72 Å². The van der Waals surface area contributed by atoms with Gasteiger partial charge in [0.25, 0.3) is 0 Å². The first-order chi connectivity index (χ1) is 15.3. The Labute approximate surface area is 192 Å². The van der Waals surface area contributed by atoms with E-state index in [0.717, 1.165) is 44.1 Å². The molecule has 1 heterocycles. The summed E-state index contributed by atoms with van der Waals surface area (Å²) in [4.78, 5) is 0.242. The van der Waals surface area contributed by atoms with Crippen molar-refractivity contribution in [3.05, 3.63) is 60.2 Å². The molecule has 1 saturated heterocycles. The van der Waals surface area contributed by atoms with Gasteiger partial charge in [-0.2, -0.15) is 4.31 Å². The van der Waals surface area contributed by atoms with Gasteiger partial charge < -0.3 is 0 Å². The van der Waals surface area contributed by atoms with Crippen molar-refractivity contribution in [2.45, 2.75) is 67.2 Å². The molecule has 3 atom stereocenters. The molecule has 4 rings (SSSR count). The van der Waals surface area contributed by atoms with Gasteiger partial charge in [0.05, 0.1) is 9.79 Å². The molecule has 0 unspecified atom stereocenters. The van der Waals surface area contributed by atoms with E-state index in [2.05, 4.69) is 11.6 Å². The minimum atomic E-state index is -3.68. The molecule has 0 spiro atoms. The smallest absolute Gasteiger partial charge is 0.208 e. The van der Waals surface area contributed by atoms with Gasteiger partial charge in [-0.05, 0) is 67.3 Å². The number of piperidine rings is 1. The second-order valence-electron chi connectivity index (χ2n) is 9.07. The Kier molecular flexibility index (Phi) is 7.05. The Morgan fingerprint density at radius 1 is 0.812 bits per heavy atom. The van der Waals surface area contributed by atoms with Gasteiger partial charge in [-0.1, -0.05) is 50.1 Å². The molecule has 0 amide bonds. The van der Waals surface area contributed by atoms with E-state index < -0.39 is 20.0 Å². The van der Waals surface area contributed by atoms with E-state index in [1.54, 1.807) is 0 Å². The molecule has 8 heteroatoms. The van der Waals surface area contributed by atoms with Crippen LogP contribution in [0, 0.1) is 5.92 Å². The largest absolute Gasteiger partial charge is 0.243 e. The predicted octanol–water partition coefficient (Wildman–Crippen LogP) is 4.11. The van der Waals surface area contributed by atoms with E-state index in [-0.39, 0.29) is 21.8 Å². The minimum absolute atomic E-state index is 0.0690. The normalized spacial score (nSPS) is 25.5. The van der Waals surface area contributed by atoms with Crippen molar-refractivity contribution >= 4 is 20.0 Å². The first-order valence-corrected chi connectivity index (χ1v) is 14.4. The molecule has 1 aliphatic carbocycles. The highest BCUT2D eigenvalue weighted by Crippen LogP contribution is 2.31. The van der Waals surface area contributed by atoms with E-state index in [0.29, 0.717) is 19.0 Å². The lowest BCUT2D eigenvalue weighted by molar-refractivity contribution is 0.310. The van der Waals surface area contributed by atoms with Crippen molar-refractivity contribution in [3.63, 3.8) is 0 Å². The summed E-state index contributed by atoms with van der Waals surface area (Å²) in [7, 11) is -7.37. The molecule has 0 radical (unpaired) electrons. The Hall–Kier alpha value is -1.74. The molecule has 32 heavy (non-hydrogen) atoms. The lowest BCUT2D eigenvalue weighted by Gasteiger charge is -2.32. The first kappa shape index (κ1) is 23.4. The fourth-order valence-corrected chi connectivity index (χ4v) is 7.76. The van der Waals surface area contributed by atoms with Gasteiger partial charge in [0, 0.05) is 19.1 Å². The Bertz CT molecular complexity index is 1120. The second kappa shape index (κ2) is 9.63. The molecule has 0 bridgehead atoms. The monoisotopic (exact) mass is 476 g/mol. The highest BCUT2D eigenvalue weighted by atomic mass is 32.2. The molecule has 174 valence electrons. The zero-order chi connectivity index (χ0) is 22.8. The van der Waals surface area contributed by atoms with Crippen LogP contribution >= 0.6 is 0 Å². The Balaban J connectivity index is 1.49. The summed E-state index contributed by atoms with van der Waals surface area (Å²) >= 11 is 0. The molecule has 1 N–H and O–H groups in total. The van der Waals surface area contributed by atoms with Crippen LogP contribution in [0.5, 0.6) is 0 Å². The summed E-state index contributed by atoms with van der Waals surface area (Å²) in [5.41, 5.74) is 1.15. The van der Waals surface area contributed by atoms with Gasteiger partial charge in [0.2, 0.25) is 20.0 Å². The molecule has 0 aromatic heterocycles. The van der Waals surface area contributed by atoms with Crippen LogP contribution in [0.2, 0.25) is 0 Å². The second-order valence-corrected chi connectivity index (χ2v) is 12.7. The summed E-state index contributed by atoms with van der Waals surface area (Å²) in [5.74, 6) is 0.468. The first-order valence-electron chi connectivity index (χ1n) is 11.4. The maximum atomic E-state index is 13.2. The van der Waals surface area contributed by atoms with Crippen molar-refractivity contribution < 1.29 is 16.8 Å². The quantitative estimate of drug-likeness (QED) is 0.680. The summed E-state index contributed by atoms with van der Waals surface area (Å²) in [5, 5.41) is 0. The average Bonchev–Trinajstić information content (AvgIpc) is 2.81. The number of sulfonamides is 2. The molecule has 2 aromatic rings. The van der Waals surface area contributed by atoms with E-state index in [4.69, 9.17) is 0 Å². The predicted molar refractivity (Wildman–Crippen MR) is 125 cm³/mol. The highest BCUT2D eigenvalue weighted by Gasteiger charge is 2.32. The molecule has 1 saturated carbocycles. The molecule has 1 aliphatic heterocycles. The van der Waals surface area contributed by atoms with Gasteiger partial charge in [-0.15, -0.1) is 0 Å². The third-order valence-electron chi connectivity index (χ3n) is 6.84. The maximum Gasteiger partial charge on any atom is 0.243 e. The summed E-state index contributed by atoms with van der Waals surface area (Å²) in [6.45, 7) is 2.99. The van der Waals surface area contributed by atoms with Gasteiger partial charge in [0.1, 0.15) is 0 Å². The van der Waals surface area contributed by atoms with Crippen LogP contribution in [0.25, 0.3) is 0 Å². The lowest BCUT2D eigenvalue weighted by Crippen LogP contribution is -2.41. The van der Waals surface area contributed by atoms with E-state index in [1.807, 2.05) is 30.3 Å². The molecular formula is C24H32N2O4S2. The zero-order valence-electron chi connectivity index (χ0n) is 18.5. The number of nitrogens with zero attached hydrogens (tertiary/aromatic N) is 1. The highest BCUT2D eigenvalue weighted by molar-refractivity contribution is 7.89. The van der Waals surface area contributed by atoms with Gasteiger partial charge >= 0.3 is 0 Å². The zero-order valence-corrected chi connectivity index (χ0v) is 20.1. The van der Waals surface area contributed by atoms with Crippen LogP contribution in [-0.2, 0) is 20.0 Å². The van der Waals surface area contributed by atoms with Crippen molar-refractivity contribution in [2.75, 3.05) is 13.1 Å². The number of hydrogen-bond donors (Lipinski definition) is 1. The standard InChI is InChI=1S/C24H32N2O4S2/c1-19-8-5-6-12-24(19)25-31(27,28)22-13-15-23(16-14-22)32(29,30)26-17-7-11-21(18-26)20-9-3-2-4-10-20/h2-4,9-10,13-16,19,21,24-25H,5-8,11-12,17-18H2,1H3/t19-,21-,24+/m1/s1. The Morgan fingerprint density at radius 3 is 2.16 bits per heavy atom. The van der Waals surface area contributed by atoms with Crippen LogP contribution in [0.4, 0.5) is 0 Å². The molecule has 6 nitrogen and oxygen atoms in total. The number of benzene rings is 2. The summed E-state index contributed by atoms with van der Waals surface area (Å²) in [6.07, 6.45) is 5.77. The van der Waals surface area contributed by atoms with Crippen molar-refractivity contribution in [1.82, 2.24) is 9.03 Å². The van der Waals surface area contributed by atoms with E-state index in [9.17, 15) is 16.8 Å². The molecule has 2 aliphatic rings. The third kappa shape index (κ3) is 5.09. The SMILES string of the molecule is C[C@@H]1CCCC[C@@H]1NS(=O)(=O)c1ccc(S(=O)(=O)N2CCC[C@@H](c3ccccc3)C2)cc1. The van der Waals surface area contributed by atoms with Crippen LogP contribution in [-0.4, -0.2) is 40.3 Å². The fraction of sp³-hybridized carbons (Fsp3) is 0.500. The van der Waals surface area contributed by atoms with Gasteiger partial charge in [-0.3, -0.25) is 0 Å². The number of nitrogens with one attached hydrogen (secondary N) is 1. The minimum Gasteiger partial charge on any atom is -0.208 e. The average molecular weight is 477 g/mol. The number of rotatable bonds is 6. The van der Waals surface area contributed by atoms with Gasteiger partial charge in [0.15, 0.2) is 0 Å². The van der Waals surface area contributed by atoms with Crippen molar-refractivity contribution in [1.29, 1.82) is 0 Å². The summed E-state index contributed by atoms with van der Waals surface area (Å²) < 4.78 is 56.5. The van der Waals surface area contributed by atoms with Crippen LogP contribution in [0.3, 0.4) is 0 Å². The van der Waals surface area contributed by atoms with Crippen LogP contribution in [0.15, 0.2) is 64.4 Å². The number of hydrogen-bond acceptors (Lipinski definition) is 4.